The molecule has 0 amide bonds. The number of aromatic nitrogens is 2. The Balaban J connectivity index is 1.99. The van der Waals surface area contributed by atoms with E-state index in [1.165, 1.54) is 6.33 Å². The maximum Gasteiger partial charge on any atom is 0.218 e. The third-order valence-corrected chi connectivity index (χ3v) is 2.64. The molecule has 5 heteroatoms. The Morgan fingerprint density at radius 1 is 1.19 bits per heavy atom. The van der Waals surface area contributed by atoms with Gasteiger partial charge in [-0.15, -0.1) is 0 Å². The van der Waals surface area contributed by atoms with Gasteiger partial charge in [-0.05, 0) is 17.7 Å². The van der Waals surface area contributed by atoms with E-state index in [0.717, 1.165) is 10.0 Å². The van der Waals surface area contributed by atoms with Crippen LogP contribution in [0, 0.1) is 0 Å². The first-order chi connectivity index (χ1) is 7.74. The highest BCUT2D eigenvalue weighted by Crippen LogP contribution is 2.14. The highest BCUT2D eigenvalue weighted by Gasteiger charge is 1.98. The summed E-state index contributed by atoms with van der Waals surface area (Å²) in [6.45, 7) is 0.459. The molecule has 1 aromatic heterocycles. The highest BCUT2D eigenvalue weighted by molar-refractivity contribution is 9.10. The van der Waals surface area contributed by atoms with Crippen molar-refractivity contribution in [1.82, 2.24) is 9.97 Å². The molecule has 0 aliphatic rings. The van der Waals surface area contributed by atoms with Gasteiger partial charge in [0.2, 0.25) is 5.88 Å². The fourth-order valence-corrected chi connectivity index (χ4v) is 1.54. The summed E-state index contributed by atoms with van der Waals surface area (Å²) in [4.78, 5) is 7.72. The smallest absolute Gasteiger partial charge is 0.218 e. The number of hydrogen-bond acceptors (Lipinski definition) is 3. The van der Waals surface area contributed by atoms with E-state index < -0.39 is 0 Å². The maximum absolute atomic E-state index is 5.71. The molecule has 0 atom stereocenters. The van der Waals surface area contributed by atoms with Gasteiger partial charge in [-0.2, -0.15) is 0 Å². The fourth-order valence-electron chi connectivity index (χ4n) is 1.13. The number of nitrogens with zero attached hydrogens (tertiary/aromatic N) is 2. The Kier molecular flexibility index (Phi) is 3.74. The van der Waals surface area contributed by atoms with Crippen molar-refractivity contribution in [2.24, 2.45) is 0 Å². The Labute approximate surface area is 107 Å². The van der Waals surface area contributed by atoms with Gasteiger partial charge in [0.05, 0.1) is 0 Å². The average Bonchev–Trinajstić information content (AvgIpc) is 2.28. The molecule has 16 heavy (non-hydrogen) atoms. The summed E-state index contributed by atoms with van der Waals surface area (Å²) in [6, 6.07) is 9.47. The van der Waals surface area contributed by atoms with Crippen LogP contribution in [-0.4, -0.2) is 9.97 Å². The van der Waals surface area contributed by atoms with Crippen molar-refractivity contribution in [2.75, 3.05) is 0 Å². The Morgan fingerprint density at radius 3 is 2.62 bits per heavy atom. The van der Waals surface area contributed by atoms with Crippen molar-refractivity contribution >= 4 is 27.5 Å². The lowest BCUT2D eigenvalue weighted by Gasteiger charge is -2.04. The summed E-state index contributed by atoms with van der Waals surface area (Å²) in [7, 11) is 0. The summed E-state index contributed by atoms with van der Waals surface area (Å²) in [5, 5.41) is 0.376. The van der Waals surface area contributed by atoms with Gasteiger partial charge in [0.1, 0.15) is 18.1 Å². The van der Waals surface area contributed by atoms with Crippen molar-refractivity contribution in [3.63, 3.8) is 0 Å². The number of benzene rings is 1. The van der Waals surface area contributed by atoms with E-state index in [2.05, 4.69) is 25.9 Å². The van der Waals surface area contributed by atoms with Crippen LogP contribution in [0.4, 0.5) is 0 Å². The van der Waals surface area contributed by atoms with E-state index in [-0.39, 0.29) is 0 Å². The van der Waals surface area contributed by atoms with Crippen molar-refractivity contribution in [3.8, 4) is 5.88 Å². The SMILES string of the molecule is Clc1cc(OCc2ccc(Br)cc2)ncn1. The molecular formula is C11H8BrClN2O. The molecule has 2 aromatic rings. The van der Waals surface area contributed by atoms with E-state index in [1.807, 2.05) is 24.3 Å². The molecule has 3 nitrogen and oxygen atoms in total. The number of hydrogen-bond donors (Lipinski definition) is 0. The summed E-state index contributed by atoms with van der Waals surface area (Å²) in [5.74, 6) is 0.475. The predicted molar refractivity (Wildman–Crippen MR) is 65.5 cm³/mol. The second-order valence-electron chi connectivity index (χ2n) is 3.09. The molecule has 0 spiro atoms. The van der Waals surface area contributed by atoms with Crippen LogP contribution in [0.2, 0.25) is 5.15 Å². The molecule has 0 unspecified atom stereocenters. The molecule has 1 aromatic carbocycles. The summed E-state index contributed by atoms with van der Waals surface area (Å²) >= 11 is 9.08. The first kappa shape index (κ1) is 11.4. The molecule has 0 N–H and O–H groups in total. The molecule has 2 rings (SSSR count). The molecule has 0 aliphatic carbocycles. The first-order valence-corrected chi connectivity index (χ1v) is 5.76. The molecule has 0 bridgehead atoms. The molecular weight excluding hydrogens is 291 g/mol. The zero-order valence-electron chi connectivity index (χ0n) is 8.23. The van der Waals surface area contributed by atoms with Gasteiger partial charge in [-0.1, -0.05) is 39.7 Å². The topological polar surface area (TPSA) is 35.0 Å². The first-order valence-electron chi connectivity index (χ1n) is 4.59. The maximum atomic E-state index is 5.71. The van der Waals surface area contributed by atoms with Gasteiger partial charge in [0, 0.05) is 10.5 Å². The molecule has 0 saturated heterocycles. The van der Waals surface area contributed by atoms with Gasteiger partial charge in [0.15, 0.2) is 0 Å². The fraction of sp³-hybridized carbons (Fsp3) is 0.0909. The summed E-state index contributed by atoms with van der Waals surface area (Å²) < 4.78 is 6.50. The van der Waals surface area contributed by atoms with Gasteiger partial charge in [-0.3, -0.25) is 0 Å². The van der Waals surface area contributed by atoms with Gasteiger partial charge < -0.3 is 4.74 Å². The summed E-state index contributed by atoms with van der Waals surface area (Å²) in [6.07, 6.45) is 1.37. The van der Waals surface area contributed by atoms with Crippen molar-refractivity contribution in [1.29, 1.82) is 0 Å². The Morgan fingerprint density at radius 2 is 1.94 bits per heavy atom. The standard InChI is InChI=1S/C11H8BrClN2O/c12-9-3-1-8(2-4-9)6-16-11-5-10(13)14-7-15-11/h1-5,7H,6H2. The third kappa shape index (κ3) is 3.18. The molecule has 0 fully saturated rings. The van der Waals surface area contributed by atoms with Crippen molar-refractivity contribution in [3.05, 3.63) is 51.8 Å². The van der Waals surface area contributed by atoms with Gasteiger partial charge >= 0.3 is 0 Å². The van der Waals surface area contributed by atoms with Crippen LogP contribution in [0.1, 0.15) is 5.56 Å². The van der Waals surface area contributed by atoms with Crippen LogP contribution in [0.5, 0.6) is 5.88 Å². The zero-order chi connectivity index (χ0) is 11.4. The van der Waals surface area contributed by atoms with Crippen LogP contribution in [-0.2, 0) is 6.61 Å². The minimum Gasteiger partial charge on any atom is -0.473 e. The zero-order valence-corrected chi connectivity index (χ0v) is 10.6. The van der Waals surface area contributed by atoms with E-state index in [1.54, 1.807) is 6.07 Å². The third-order valence-electron chi connectivity index (χ3n) is 1.91. The highest BCUT2D eigenvalue weighted by atomic mass is 79.9. The molecule has 1 heterocycles. The second-order valence-corrected chi connectivity index (χ2v) is 4.40. The van der Waals surface area contributed by atoms with E-state index in [4.69, 9.17) is 16.3 Å². The lowest BCUT2D eigenvalue weighted by molar-refractivity contribution is 0.293. The van der Waals surface area contributed by atoms with Crippen molar-refractivity contribution < 1.29 is 4.74 Å². The van der Waals surface area contributed by atoms with E-state index >= 15 is 0 Å². The summed E-state index contributed by atoms with van der Waals surface area (Å²) in [5.41, 5.74) is 1.07. The Hall–Kier alpha value is -1.13. The van der Waals surface area contributed by atoms with Crippen LogP contribution >= 0.6 is 27.5 Å². The average molecular weight is 300 g/mol. The van der Waals surface area contributed by atoms with Crippen LogP contribution in [0.15, 0.2) is 41.1 Å². The lowest BCUT2D eigenvalue weighted by Crippen LogP contribution is -1.97. The quantitative estimate of drug-likeness (QED) is 0.814. The monoisotopic (exact) mass is 298 g/mol. The van der Waals surface area contributed by atoms with Gasteiger partial charge in [0.25, 0.3) is 0 Å². The number of halogens is 2. The van der Waals surface area contributed by atoms with Crippen LogP contribution < -0.4 is 4.74 Å². The minimum atomic E-state index is 0.376. The molecule has 0 radical (unpaired) electrons. The van der Waals surface area contributed by atoms with E-state index in [9.17, 15) is 0 Å². The molecule has 0 saturated carbocycles. The Bertz CT molecular complexity index is 476. The van der Waals surface area contributed by atoms with E-state index in [0.29, 0.717) is 17.6 Å². The van der Waals surface area contributed by atoms with Crippen LogP contribution in [0.25, 0.3) is 0 Å². The van der Waals surface area contributed by atoms with Gasteiger partial charge in [-0.25, -0.2) is 9.97 Å². The minimum absolute atomic E-state index is 0.376. The predicted octanol–water partition coefficient (Wildman–Crippen LogP) is 3.47. The second kappa shape index (κ2) is 5.27. The normalized spacial score (nSPS) is 10.1. The number of rotatable bonds is 3. The lowest BCUT2D eigenvalue weighted by atomic mass is 10.2. The molecule has 82 valence electrons. The van der Waals surface area contributed by atoms with Crippen LogP contribution in [0.3, 0.4) is 0 Å². The molecule has 0 aliphatic heterocycles. The van der Waals surface area contributed by atoms with Crippen molar-refractivity contribution in [2.45, 2.75) is 6.61 Å². The number of ether oxygens (including phenoxy) is 1. The largest absolute Gasteiger partial charge is 0.473 e.